The second-order valence-electron chi connectivity index (χ2n) is 5.36. The highest BCUT2D eigenvalue weighted by Crippen LogP contribution is 2.15. The van der Waals surface area contributed by atoms with Crippen LogP contribution in [0.4, 0.5) is 5.69 Å². The van der Waals surface area contributed by atoms with Crippen LogP contribution < -0.4 is 5.73 Å². The average Bonchev–Trinajstić information content (AvgIpc) is 2.72. The molecule has 2 aromatic rings. The number of anilines is 1. The smallest absolute Gasteiger partial charge is 0.151 e. The summed E-state index contributed by atoms with van der Waals surface area (Å²) in [6.07, 6.45) is 1.77. The SMILES string of the molecule is Cc1ccc(CCc2nc(C(C)C)n(C)n2)cc1N. The van der Waals surface area contributed by atoms with Gasteiger partial charge in [-0.15, -0.1) is 0 Å². The number of hydrogen-bond donors (Lipinski definition) is 1. The van der Waals surface area contributed by atoms with Crippen LogP contribution >= 0.6 is 0 Å². The van der Waals surface area contributed by atoms with Crippen molar-refractivity contribution in [3.63, 3.8) is 0 Å². The molecule has 1 aromatic heterocycles. The lowest BCUT2D eigenvalue weighted by Gasteiger charge is -2.03. The lowest BCUT2D eigenvalue weighted by Crippen LogP contribution is -2.00. The Balaban J connectivity index is 2.06. The molecule has 4 heteroatoms. The maximum atomic E-state index is 5.92. The lowest BCUT2D eigenvalue weighted by molar-refractivity contribution is 0.651. The number of aromatic nitrogens is 3. The minimum absolute atomic E-state index is 0.404. The van der Waals surface area contributed by atoms with Crippen LogP contribution in [0.3, 0.4) is 0 Å². The van der Waals surface area contributed by atoms with E-state index < -0.39 is 0 Å². The number of nitrogens with two attached hydrogens (primary N) is 1. The maximum Gasteiger partial charge on any atom is 0.151 e. The standard InChI is InChI=1S/C15H22N4/c1-10(2)15-17-14(18-19(15)4)8-7-12-6-5-11(3)13(16)9-12/h5-6,9-10H,7-8,16H2,1-4H3. The van der Waals surface area contributed by atoms with Crippen molar-refractivity contribution in [1.82, 2.24) is 14.8 Å². The molecule has 1 aromatic carbocycles. The zero-order chi connectivity index (χ0) is 14.0. The zero-order valence-electron chi connectivity index (χ0n) is 12.1. The third-order valence-corrected chi connectivity index (χ3v) is 3.34. The summed E-state index contributed by atoms with van der Waals surface area (Å²) < 4.78 is 1.88. The lowest BCUT2D eigenvalue weighted by atomic mass is 10.1. The van der Waals surface area contributed by atoms with Gasteiger partial charge in [0.2, 0.25) is 0 Å². The second-order valence-corrected chi connectivity index (χ2v) is 5.36. The molecule has 2 rings (SSSR count). The Hall–Kier alpha value is -1.84. The number of nitrogen functional groups attached to an aromatic ring is 1. The van der Waals surface area contributed by atoms with E-state index in [4.69, 9.17) is 5.73 Å². The van der Waals surface area contributed by atoms with Crippen LogP contribution in [0, 0.1) is 6.92 Å². The molecule has 2 N–H and O–H groups in total. The van der Waals surface area contributed by atoms with Gasteiger partial charge in [-0.2, -0.15) is 5.10 Å². The number of rotatable bonds is 4. The van der Waals surface area contributed by atoms with Crippen LogP contribution in [0.5, 0.6) is 0 Å². The van der Waals surface area contributed by atoms with Gasteiger partial charge in [-0.1, -0.05) is 26.0 Å². The van der Waals surface area contributed by atoms with Gasteiger partial charge >= 0.3 is 0 Å². The molecule has 0 bridgehead atoms. The molecule has 1 heterocycles. The molecule has 102 valence electrons. The summed E-state index contributed by atoms with van der Waals surface area (Å²) in [6, 6.07) is 6.23. The minimum atomic E-state index is 0.404. The molecule has 0 fully saturated rings. The van der Waals surface area contributed by atoms with Gasteiger partial charge in [-0.25, -0.2) is 4.98 Å². The molecule has 0 saturated heterocycles. The first-order chi connectivity index (χ1) is 8.97. The highest BCUT2D eigenvalue weighted by molar-refractivity contribution is 5.48. The van der Waals surface area contributed by atoms with E-state index in [1.807, 2.05) is 24.7 Å². The largest absolute Gasteiger partial charge is 0.399 e. The van der Waals surface area contributed by atoms with Crippen molar-refractivity contribution in [3.8, 4) is 0 Å². The summed E-state index contributed by atoms with van der Waals surface area (Å²) in [5, 5.41) is 4.46. The first-order valence-corrected chi connectivity index (χ1v) is 6.72. The second kappa shape index (κ2) is 5.43. The molecular weight excluding hydrogens is 236 g/mol. The summed E-state index contributed by atoms with van der Waals surface area (Å²) in [7, 11) is 1.95. The first kappa shape index (κ1) is 13.6. The average molecular weight is 258 g/mol. The van der Waals surface area contributed by atoms with E-state index >= 15 is 0 Å². The van der Waals surface area contributed by atoms with Gasteiger partial charge in [0.05, 0.1) is 0 Å². The molecule has 0 amide bonds. The summed E-state index contributed by atoms with van der Waals surface area (Å²) in [5.41, 5.74) is 9.14. The van der Waals surface area contributed by atoms with Crippen molar-refractivity contribution in [2.24, 2.45) is 7.05 Å². The Labute approximate surface area is 114 Å². The third kappa shape index (κ3) is 3.13. The minimum Gasteiger partial charge on any atom is -0.399 e. The van der Waals surface area contributed by atoms with Gasteiger partial charge in [-0.3, -0.25) is 4.68 Å². The molecule has 0 aliphatic carbocycles. The van der Waals surface area contributed by atoms with E-state index in [1.165, 1.54) is 5.56 Å². The predicted molar refractivity (Wildman–Crippen MR) is 78.1 cm³/mol. The molecule has 0 atom stereocenters. The topological polar surface area (TPSA) is 56.7 Å². The van der Waals surface area contributed by atoms with Crippen LogP contribution in [0.25, 0.3) is 0 Å². The van der Waals surface area contributed by atoms with Gasteiger partial charge in [0, 0.05) is 25.1 Å². The van der Waals surface area contributed by atoms with Crippen molar-refractivity contribution in [3.05, 3.63) is 41.0 Å². The van der Waals surface area contributed by atoms with Gasteiger partial charge in [0.25, 0.3) is 0 Å². The number of benzene rings is 1. The molecule has 0 aliphatic heterocycles. The Kier molecular flexibility index (Phi) is 3.88. The maximum absolute atomic E-state index is 5.92. The fourth-order valence-corrected chi connectivity index (χ4v) is 2.16. The summed E-state index contributed by atoms with van der Waals surface area (Å²) >= 11 is 0. The van der Waals surface area contributed by atoms with Gasteiger partial charge in [0.15, 0.2) is 5.82 Å². The molecular formula is C15H22N4. The van der Waals surface area contributed by atoms with Crippen LogP contribution in [0.2, 0.25) is 0 Å². The fraction of sp³-hybridized carbons (Fsp3) is 0.467. The number of hydrogen-bond acceptors (Lipinski definition) is 3. The summed E-state index contributed by atoms with van der Waals surface area (Å²) in [6.45, 7) is 6.29. The van der Waals surface area contributed by atoms with E-state index in [9.17, 15) is 0 Å². The Morgan fingerprint density at radius 3 is 2.58 bits per heavy atom. The first-order valence-electron chi connectivity index (χ1n) is 6.72. The van der Waals surface area contributed by atoms with E-state index in [0.717, 1.165) is 35.7 Å². The van der Waals surface area contributed by atoms with Gasteiger partial charge in [-0.05, 0) is 30.5 Å². The van der Waals surface area contributed by atoms with E-state index in [0.29, 0.717) is 5.92 Å². The van der Waals surface area contributed by atoms with Crippen molar-refractivity contribution in [1.29, 1.82) is 0 Å². The quantitative estimate of drug-likeness (QED) is 0.858. The number of aryl methyl sites for hydroxylation is 4. The highest BCUT2D eigenvalue weighted by atomic mass is 15.3. The van der Waals surface area contributed by atoms with Crippen molar-refractivity contribution < 1.29 is 0 Å². The predicted octanol–water partition coefficient (Wildman–Crippen LogP) is 2.61. The molecule has 0 unspecified atom stereocenters. The van der Waals surface area contributed by atoms with Crippen LogP contribution in [-0.4, -0.2) is 14.8 Å². The summed E-state index contributed by atoms with van der Waals surface area (Å²) in [4.78, 5) is 4.58. The molecule has 0 spiro atoms. The van der Waals surface area contributed by atoms with Crippen molar-refractivity contribution >= 4 is 5.69 Å². The van der Waals surface area contributed by atoms with E-state index in [-0.39, 0.29) is 0 Å². The molecule has 19 heavy (non-hydrogen) atoms. The monoisotopic (exact) mass is 258 g/mol. The third-order valence-electron chi connectivity index (χ3n) is 3.34. The van der Waals surface area contributed by atoms with E-state index in [2.05, 4.69) is 36.1 Å². The normalized spacial score (nSPS) is 11.2. The molecule has 0 aliphatic rings. The van der Waals surface area contributed by atoms with Crippen LogP contribution in [-0.2, 0) is 19.9 Å². The van der Waals surface area contributed by atoms with Crippen LogP contribution in [0.1, 0.15) is 42.5 Å². The fourth-order valence-electron chi connectivity index (χ4n) is 2.16. The summed E-state index contributed by atoms with van der Waals surface area (Å²) in [5.74, 6) is 2.35. The zero-order valence-corrected chi connectivity index (χ0v) is 12.1. The Bertz CT molecular complexity index is 570. The van der Waals surface area contributed by atoms with E-state index in [1.54, 1.807) is 0 Å². The van der Waals surface area contributed by atoms with Crippen molar-refractivity contribution in [2.45, 2.75) is 39.5 Å². The number of nitrogens with zero attached hydrogens (tertiary/aromatic N) is 3. The molecule has 4 nitrogen and oxygen atoms in total. The highest BCUT2D eigenvalue weighted by Gasteiger charge is 2.10. The Morgan fingerprint density at radius 1 is 1.26 bits per heavy atom. The van der Waals surface area contributed by atoms with Gasteiger partial charge in [0.1, 0.15) is 5.82 Å². The Morgan fingerprint density at radius 2 is 2.00 bits per heavy atom. The molecule has 0 saturated carbocycles. The van der Waals surface area contributed by atoms with Crippen LogP contribution in [0.15, 0.2) is 18.2 Å². The van der Waals surface area contributed by atoms with Crippen molar-refractivity contribution in [2.75, 3.05) is 5.73 Å². The molecule has 0 radical (unpaired) electrons. The van der Waals surface area contributed by atoms with Gasteiger partial charge < -0.3 is 5.73 Å².